The number of benzene rings is 2. The van der Waals surface area contributed by atoms with E-state index >= 15 is 0 Å². The first-order valence-corrected chi connectivity index (χ1v) is 9.26. The summed E-state index contributed by atoms with van der Waals surface area (Å²) in [7, 11) is 1.70. The van der Waals surface area contributed by atoms with Gasteiger partial charge in [-0.15, -0.1) is 0 Å². The fourth-order valence-corrected chi connectivity index (χ4v) is 2.51. The normalized spacial score (nSPS) is 10.7. The zero-order valence-corrected chi connectivity index (χ0v) is 16.6. The molecular weight excluding hydrogens is 364 g/mol. The summed E-state index contributed by atoms with van der Waals surface area (Å²) < 4.78 is 5.42. The largest absolute Gasteiger partial charge is 0.381 e. The summed E-state index contributed by atoms with van der Waals surface area (Å²) in [6.07, 6.45) is 0.309. The van der Waals surface area contributed by atoms with E-state index in [1.54, 1.807) is 60.5 Å². The van der Waals surface area contributed by atoms with Crippen molar-refractivity contribution >= 4 is 34.8 Å². The lowest BCUT2D eigenvalue weighted by atomic mass is 10.2. The highest BCUT2D eigenvalue weighted by Crippen LogP contribution is 2.20. The van der Waals surface area contributed by atoms with Crippen molar-refractivity contribution in [2.45, 2.75) is 20.3 Å². The SMILES string of the molecule is CC(C)COCCC(=O)Nc1ccc(N(C)C(=O)c2ccc(Cl)cc2)cc1. The average Bonchev–Trinajstić information content (AvgIpc) is 2.65. The van der Waals surface area contributed by atoms with Crippen molar-refractivity contribution in [1.29, 1.82) is 0 Å². The highest BCUT2D eigenvalue weighted by molar-refractivity contribution is 6.30. The zero-order valence-electron chi connectivity index (χ0n) is 15.9. The van der Waals surface area contributed by atoms with Gasteiger partial charge in [0.15, 0.2) is 0 Å². The molecule has 0 heterocycles. The second kappa shape index (κ2) is 10.1. The van der Waals surface area contributed by atoms with E-state index in [0.717, 1.165) is 5.69 Å². The number of anilines is 2. The van der Waals surface area contributed by atoms with Crippen LogP contribution in [0, 0.1) is 5.92 Å². The number of hydrogen-bond donors (Lipinski definition) is 1. The lowest BCUT2D eigenvalue weighted by Crippen LogP contribution is -2.26. The van der Waals surface area contributed by atoms with Gasteiger partial charge >= 0.3 is 0 Å². The summed E-state index contributed by atoms with van der Waals surface area (Å²) in [5.41, 5.74) is 1.97. The minimum absolute atomic E-state index is 0.0999. The molecule has 0 unspecified atom stereocenters. The molecule has 0 aromatic heterocycles. The predicted octanol–water partition coefficient (Wildman–Crippen LogP) is 4.62. The fraction of sp³-hybridized carbons (Fsp3) is 0.333. The number of amides is 2. The number of nitrogens with one attached hydrogen (secondary N) is 1. The van der Waals surface area contributed by atoms with E-state index in [1.165, 1.54) is 0 Å². The van der Waals surface area contributed by atoms with Crippen molar-refractivity contribution in [2.24, 2.45) is 5.92 Å². The summed E-state index contributed by atoms with van der Waals surface area (Å²) in [5, 5.41) is 3.41. The molecule has 0 aliphatic heterocycles. The molecule has 0 saturated carbocycles. The minimum Gasteiger partial charge on any atom is -0.381 e. The quantitative estimate of drug-likeness (QED) is 0.671. The Hall–Kier alpha value is -2.37. The van der Waals surface area contributed by atoms with E-state index in [1.807, 2.05) is 0 Å². The van der Waals surface area contributed by atoms with Gasteiger partial charge in [-0.25, -0.2) is 0 Å². The van der Waals surface area contributed by atoms with Gasteiger partial charge in [-0.2, -0.15) is 0 Å². The van der Waals surface area contributed by atoms with Gasteiger partial charge in [0, 0.05) is 35.6 Å². The molecule has 0 spiro atoms. The van der Waals surface area contributed by atoms with Crippen LogP contribution in [0.2, 0.25) is 5.02 Å². The van der Waals surface area contributed by atoms with Gasteiger partial charge in [0.05, 0.1) is 13.0 Å². The Labute approximate surface area is 165 Å². The summed E-state index contributed by atoms with van der Waals surface area (Å²) in [5.74, 6) is 0.219. The molecule has 0 saturated heterocycles. The molecule has 5 nitrogen and oxygen atoms in total. The molecule has 27 heavy (non-hydrogen) atoms. The molecular formula is C21H25ClN2O3. The molecule has 2 aromatic rings. The van der Waals surface area contributed by atoms with Crippen molar-refractivity contribution in [3.63, 3.8) is 0 Å². The molecule has 0 aliphatic rings. The van der Waals surface area contributed by atoms with E-state index in [2.05, 4.69) is 19.2 Å². The topological polar surface area (TPSA) is 58.6 Å². The van der Waals surface area contributed by atoms with Crippen molar-refractivity contribution < 1.29 is 14.3 Å². The molecule has 0 radical (unpaired) electrons. The number of nitrogens with zero attached hydrogens (tertiary/aromatic N) is 1. The highest BCUT2D eigenvalue weighted by atomic mass is 35.5. The van der Waals surface area contributed by atoms with Crippen LogP contribution in [0.15, 0.2) is 48.5 Å². The van der Waals surface area contributed by atoms with Crippen LogP contribution in [0.3, 0.4) is 0 Å². The van der Waals surface area contributed by atoms with Gasteiger partial charge in [-0.05, 0) is 54.4 Å². The second-order valence-electron chi connectivity index (χ2n) is 6.68. The van der Waals surface area contributed by atoms with E-state index in [-0.39, 0.29) is 11.8 Å². The smallest absolute Gasteiger partial charge is 0.258 e. The van der Waals surface area contributed by atoms with Crippen LogP contribution in [0.1, 0.15) is 30.6 Å². The highest BCUT2D eigenvalue weighted by Gasteiger charge is 2.13. The minimum atomic E-state index is -0.134. The van der Waals surface area contributed by atoms with Crippen LogP contribution < -0.4 is 10.2 Å². The fourth-order valence-electron chi connectivity index (χ4n) is 2.38. The Morgan fingerprint density at radius 3 is 2.30 bits per heavy atom. The Morgan fingerprint density at radius 2 is 1.70 bits per heavy atom. The van der Waals surface area contributed by atoms with Gasteiger partial charge in [-0.3, -0.25) is 9.59 Å². The van der Waals surface area contributed by atoms with Crippen LogP contribution in [0.25, 0.3) is 0 Å². The van der Waals surface area contributed by atoms with E-state index in [0.29, 0.717) is 41.8 Å². The van der Waals surface area contributed by atoms with Crippen molar-refractivity contribution in [1.82, 2.24) is 0 Å². The van der Waals surface area contributed by atoms with Crippen LogP contribution in [-0.4, -0.2) is 32.1 Å². The molecule has 1 N–H and O–H groups in total. The van der Waals surface area contributed by atoms with Gasteiger partial charge in [0.2, 0.25) is 5.91 Å². The number of carbonyl (C=O) groups excluding carboxylic acids is 2. The molecule has 2 amide bonds. The number of hydrogen-bond acceptors (Lipinski definition) is 3. The molecule has 0 atom stereocenters. The monoisotopic (exact) mass is 388 g/mol. The Balaban J connectivity index is 1.89. The summed E-state index contributed by atoms with van der Waals surface area (Å²) >= 11 is 5.86. The zero-order chi connectivity index (χ0) is 19.8. The lowest BCUT2D eigenvalue weighted by molar-refractivity contribution is -0.117. The Morgan fingerprint density at radius 1 is 1.07 bits per heavy atom. The summed E-state index contributed by atoms with van der Waals surface area (Å²) in [6, 6.07) is 13.9. The molecule has 0 bridgehead atoms. The molecule has 6 heteroatoms. The Bertz CT molecular complexity index is 758. The molecule has 144 valence electrons. The van der Waals surface area contributed by atoms with Crippen molar-refractivity contribution in [2.75, 3.05) is 30.5 Å². The van der Waals surface area contributed by atoms with Crippen LogP contribution in [0.5, 0.6) is 0 Å². The van der Waals surface area contributed by atoms with E-state index in [9.17, 15) is 9.59 Å². The van der Waals surface area contributed by atoms with E-state index in [4.69, 9.17) is 16.3 Å². The number of halogens is 1. The van der Waals surface area contributed by atoms with Gasteiger partial charge in [0.25, 0.3) is 5.91 Å². The number of rotatable bonds is 8. The number of ether oxygens (including phenoxy) is 1. The molecule has 2 rings (SSSR count). The molecule has 0 fully saturated rings. The van der Waals surface area contributed by atoms with Crippen molar-refractivity contribution in [3.05, 3.63) is 59.1 Å². The third-order valence-electron chi connectivity index (χ3n) is 3.86. The second-order valence-corrected chi connectivity index (χ2v) is 7.12. The van der Waals surface area contributed by atoms with Gasteiger partial charge in [-0.1, -0.05) is 25.4 Å². The average molecular weight is 389 g/mol. The van der Waals surface area contributed by atoms with Gasteiger partial charge < -0.3 is 15.0 Å². The van der Waals surface area contributed by atoms with Crippen molar-refractivity contribution in [3.8, 4) is 0 Å². The molecule has 0 aliphatic carbocycles. The maximum Gasteiger partial charge on any atom is 0.258 e. The third kappa shape index (κ3) is 6.70. The predicted molar refractivity (Wildman–Crippen MR) is 110 cm³/mol. The maximum absolute atomic E-state index is 12.5. The van der Waals surface area contributed by atoms with Gasteiger partial charge in [0.1, 0.15) is 0 Å². The number of carbonyl (C=O) groups is 2. The van der Waals surface area contributed by atoms with Crippen LogP contribution in [-0.2, 0) is 9.53 Å². The maximum atomic E-state index is 12.5. The third-order valence-corrected chi connectivity index (χ3v) is 4.11. The first-order chi connectivity index (χ1) is 12.9. The van der Waals surface area contributed by atoms with Crippen LogP contribution >= 0.6 is 11.6 Å². The standard InChI is InChI=1S/C21H25ClN2O3/c1-15(2)14-27-13-12-20(25)23-18-8-10-19(11-9-18)24(3)21(26)16-4-6-17(22)7-5-16/h4-11,15H,12-14H2,1-3H3,(H,23,25). The van der Waals surface area contributed by atoms with Crippen LogP contribution in [0.4, 0.5) is 11.4 Å². The summed E-state index contributed by atoms with van der Waals surface area (Å²) in [6.45, 7) is 5.18. The first-order valence-electron chi connectivity index (χ1n) is 8.88. The Kier molecular flexibility index (Phi) is 7.82. The lowest BCUT2D eigenvalue weighted by Gasteiger charge is -2.18. The molecule has 2 aromatic carbocycles. The summed E-state index contributed by atoms with van der Waals surface area (Å²) in [4.78, 5) is 26.0. The van der Waals surface area contributed by atoms with E-state index < -0.39 is 0 Å². The first kappa shape index (κ1) is 20.9.